The molecule has 5 nitrogen and oxygen atoms in total. The van der Waals surface area contributed by atoms with Gasteiger partial charge in [-0.3, -0.25) is 0 Å². The molecular formula is C3H5N5S. The van der Waals surface area contributed by atoms with Gasteiger partial charge in [-0.1, -0.05) is 0 Å². The first-order chi connectivity index (χ1) is 4.18. The van der Waals surface area contributed by atoms with Gasteiger partial charge in [0.05, 0.1) is 0 Å². The highest BCUT2D eigenvalue weighted by molar-refractivity contribution is 7.80. The first-order valence-electron chi connectivity index (χ1n) is 2.14. The van der Waals surface area contributed by atoms with Crippen molar-refractivity contribution in [2.24, 2.45) is 0 Å². The Balaban J connectivity index is 3.17. The van der Waals surface area contributed by atoms with Crippen molar-refractivity contribution in [1.29, 1.82) is 0 Å². The van der Waals surface area contributed by atoms with Crippen molar-refractivity contribution in [1.82, 2.24) is 15.0 Å². The van der Waals surface area contributed by atoms with Crippen LogP contribution in [-0.2, 0) is 0 Å². The molecule has 0 fully saturated rings. The Morgan fingerprint density at radius 2 is 1.44 bits per heavy atom. The highest BCUT2D eigenvalue weighted by Crippen LogP contribution is 2.00. The predicted molar refractivity (Wildman–Crippen MR) is 35.9 cm³/mol. The van der Waals surface area contributed by atoms with Gasteiger partial charge < -0.3 is 11.5 Å². The maximum Gasteiger partial charge on any atom is 0.225 e. The zero-order chi connectivity index (χ0) is 6.85. The average Bonchev–Trinajstić information content (AvgIpc) is 1.59. The van der Waals surface area contributed by atoms with Crippen LogP contribution >= 0.6 is 12.6 Å². The summed E-state index contributed by atoms with van der Waals surface area (Å²) in [4.78, 5) is 10.7. The first kappa shape index (κ1) is 6.09. The number of hydrogen-bond donors (Lipinski definition) is 3. The van der Waals surface area contributed by atoms with Gasteiger partial charge in [0.25, 0.3) is 0 Å². The van der Waals surface area contributed by atoms with Gasteiger partial charge >= 0.3 is 0 Å². The van der Waals surface area contributed by atoms with Crippen LogP contribution in [0.5, 0.6) is 0 Å². The highest BCUT2D eigenvalue weighted by Gasteiger charge is 1.93. The summed E-state index contributed by atoms with van der Waals surface area (Å²) in [5.74, 6) is 0.181. The predicted octanol–water partition coefficient (Wildman–Crippen LogP) is -0.675. The standard InChI is InChI=1S/C3H5N5S/c4-1-6-2(5)8-3(9)7-1/h(H5,4,5,6,7,8,9). The maximum atomic E-state index is 5.17. The summed E-state index contributed by atoms with van der Waals surface area (Å²) in [6.45, 7) is 0. The zero-order valence-corrected chi connectivity index (χ0v) is 5.34. The van der Waals surface area contributed by atoms with Gasteiger partial charge in [-0.2, -0.15) is 15.0 Å². The Hall–Kier alpha value is -1.04. The molecule has 0 atom stereocenters. The molecule has 0 aliphatic rings. The molecule has 0 saturated carbocycles. The molecule has 9 heavy (non-hydrogen) atoms. The number of hydrogen-bond acceptors (Lipinski definition) is 6. The molecule has 0 aromatic carbocycles. The SMILES string of the molecule is Nc1nc(N)nc(S)n1. The number of nitrogen functional groups attached to an aromatic ring is 2. The van der Waals surface area contributed by atoms with E-state index < -0.39 is 0 Å². The monoisotopic (exact) mass is 143 g/mol. The summed E-state index contributed by atoms with van der Waals surface area (Å²) >= 11 is 3.80. The van der Waals surface area contributed by atoms with Gasteiger partial charge in [0.1, 0.15) is 0 Å². The molecule has 1 heterocycles. The molecule has 0 aliphatic carbocycles. The fraction of sp³-hybridized carbons (Fsp3) is 0. The van der Waals surface area contributed by atoms with E-state index in [9.17, 15) is 0 Å². The van der Waals surface area contributed by atoms with Crippen LogP contribution in [0.15, 0.2) is 5.16 Å². The van der Waals surface area contributed by atoms with Gasteiger partial charge in [-0.25, -0.2) is 0 Å². The molecule has 4 N–H and O–H groups in total. The molecule has 0 bridgehead atoms. The van der Waals surface area contributed by atoms with Crippen molar-refractivity contribution < 1.29 is 0 Å². The minimum Gasteiger partial charge on any atom is -0.368 e. The number of anilines is 2. The van der Waals surface area contributed by atoms with E-state index in [1.54, 1.807) is 0 Å². The van der Waals surface area contributed by atoms with Crippen molar-refractivity contribution in [3.8, 4) is 0 Å². The third-order valence-corrected chi connectivity index (χ3v) is 0.858. The van der Waals surface area contributed by atoms with Crippen LogP contribution in [0, 0.1) is 0 Å². The fourth-order valence-corrected chi connectivity index (χ4v) is 0.602. The first-order valence-corrected chi connectivity index (χ1v) is 2.59. The number of nitrogens with zero attached hydrogens (tertiary/aromatic N) is 3. The van der Waals surface area contributed by atoms with Gasteiger partial charge in [-0.15, -0.1) is 12.6 Å². The second-order valence-electron chi connectivity index (χ2n) is 1.35. The van der Waals surface area contributed by atoms with E-state index in [0.717, 1.165) is 0 Å². The van der Waals surface area contributed by atoms with Crippen molar-refractivity contribution >= 4 is 24.5 Å². The van der Waals surface area contributed by atoms with Crippen molar-refractivity contribution in [2.45, 2.75) is 5.16 Å². The van der Waals surface area contributed by atoms with Crippen LogP contribution in [0.25, 0.3) is 0 Å². The van der Waals surface area contributed by atoms with Crippen LogP contribution in [0.1, 0.15) is 0 Å². The Kier molecular flexibility index (Phi) is 1.39. The van der Waals surface area contributed by atoms with Gasteiger partial charge in [0.15, 0.2) is 5.16 Å². The van der Waals surface area contributed by atoms with Crippen LogP contribution in [0.3, 0.4) is 0 Å². The van der Waals surface area contributed by atoms with Gasteiger partial charge in [-0.05, 0) is 0 Å². The summed E-state index contributed by atoms with van der Waals surface area (Å²) in [6, 6.07) is 0. The highest BCUT2D eigenvalue weighted by atomic mass is 32.1. The van der Waals surface area contributed by atoms with Crippen molar-refractivity contribution in [3.05, 3.63) is 0 Å². The molecule has 1 aromatic rings. The van der Waals surface area contributed by atoms with Crippen LogP contribution < -0.4 is 11.5 Å². The van der Waals surface area contributed by atoms with Gasteiger partial charge in [0.2, 0.25) is 11.9 Å². The summed E-state index contributed by atoms with van der Waals surface area (Å²) in [7, 11) is 0. The second kappa shape index (κ2) is 2.06. The lowest BCUT2D eigenvalue weighted by molar-refractivity contribution is 0.935. The largest absolute Gasteiger partial charge is 0.368 e. The molecule has 6 heteroatoms. The van der Waals surface area contributed by atoms with Crippen molar-refractivity contribution in [3.63, 3.8) is 0 Å². The van der Waals surface area contributed by atoms with E-state index >= 15 is 0 Å². The van der Waals surface area contributed by atoms with Crippen molar-refractivity contribution in [2.75, 3.05) is 11.5 Å². The zero-order valence-electron chi connectivity index (χ0n) is 4.44. The molecular weight excluding hydrogens is 138 g/mol. The van der Waals surface area contributed by atoms with Gasteiger partial charge in [0, 0.05) is 0 Å². The molecule has 0 radical (unpaired) electrons. The number of aromatic nitrogens is 3. The molecule has 0 aliphatic heterocycles. The molecule has 0 spiro atoms. The topological polar surface area (TPSA) is 90.7 Å². The van der Waals surface area contributed by atoms with E-state index in [4.69, 9.17) is 11.5 Å². The quantitative estimate of drug-likeness (QED) is 0.419. The number of nitrogens with two attached hydrogens (primary N) is 2. The van der Waals surface area contributed by atoms with E-state index in [1.807, 2.05) is 0 Å². The number of thiol groups is 1. The Morgan fingerprint density at radius 3 is 1.78 bits per heavy atom. The fourth-order valence-electron chi connectivity index (χ4n) is 0.397. The molecule has 1 aromatic heterocycles. The summed E-state index contributed by atoms with van der Waals surface area (Å²) in [5, 5.41) is 0.236. The Morgan fingerprint density at radius 1 is 1.00 bits per heavy atom. The molecule has 48 valence electrons. The number of rotatable bonds is 0. The third kappa shape index (κ3) is 1.43. The van der Waals surface area contributed by atoms with Crippen LogP contribution in [0.2, 0.25) is 0 Å². The summed E-state index contributed by atoms with van der Waals surface area (Å²) in [6.07, 6.45) is 0. The van der Waals surface area contributed by atoms with E-state index in [2.05, 4.69) is 27.6 Å². The summed E-state index contributed by atoms with van der Waals surface area (Å²) < 4.78 is 0. The normalized spacial score (nSPS) is 9.44. The Bertz CT molecular complexity index is 173. The molecule has 0 unspecified atom stereocenters. The lowest BCUT2D eigenvalue weighted by Crippen LogP contribution is -2.02. The maximum absolute atomic E-state index is 5.17. The molecule has 0 amide bonds. The average molecular weight is 143 g/mol. The molecule has 0 saturated heterocycles. The molecule has 1 rings (SSSR count). The Labute approximate surface area is 56.9 Å². The second-order valence-corrected chi connectivity index (χ2v) is 1.75. The smallest absolute Gasteiger partial charge is 0.225 e. The van der Waals surface area contributed by atoms with Crippen LogP contribution in [-0.4, -0.2) is 15.0 Å². The minimum absolute atomic E-state index is 0.0903. The minimum atomic E-state index is 0.0903. The summed E-state index contributed by atoms with van der Waals surface area (Å²) in [5.41, 5.74) is 10.3. The van der Waals surface area contributed by atoms with Crippen LogP contribution in [0.4, 0.5) is 11.9 Å². The van der Waals surface area contributed by atoms with E-state index in [-0.39, 0.29) is 17.1 Å². The lowest BCUT2D eigenvalue weighted by atomic mass is 10.9. The lowest BCUT2D eigenvalue weighted by Gasteiger charge is -1.93. The third-order valence-electron chi connectivity index (χ3n) is 0.658. The van der Waals surface area contributed by atoms with E-state index in [1.165, 1.54) is 0 Å². The van der Waals surface area contributed by atoms with E-state index in [0.29, 0.717) is 0 Å².